The van der Waals surface area contributed by atoms with Crippen molar-refractivity contribution in [3.8, 4) is 5.75 Å². The molecule has 0 radical (unpaired) electrons. The third-order valence-corrected chi connectivity index (χ3v) is 4.35. The minimum absolute atomic E-state index is 0.0200. The first kappa shape index (κ1) is 13.0. The average molecular weight is 274 g/mol. The third-order valence-electron chi connectivity index (χ3n) is 4.35. The number of hydrogen-bond donors (Lipinski definition) is 2. The highest BCUT2D eigenvalue weighted by Gasteiger charge is 2.50. The molecule has 2 aliphatic rings. The molecule has 0 aromatic heterocycles. The number of aromatic hydroxyl groups is 1. The summed E-state index contributed by atoms with van der Waals surface area (Å²) in [6.07, 6.45) is 3.44. The lowest BCUT2D eigenvalue weighted by Gasteiger charge is -2.43. The third kappa shape index (κ3) is 2.03. The van der Waals surface area contributed by atoms with Crippen molar-refractivity contribution in [2.75, 3.05) is 6.54 Å². The second-order valence-corrected chi connectivity index (χ2v) is 5.57. The highest BCUT2D eigenvalue weighted by Crippen LogP contribution is 2.38. The lowest BCUT2D eigenvalue weighted by atomic mass is 9.90. The molecule has 0 bridgehead atoms. The van der Waals surface area contributed by atoms with E-state index in [-0.39, 0.29) is 24.1 Å². The number of nitrogens with zero attached hydrogens (tertiary/aromatic N) is 1. The Hall–Kier alpha value is -2.04. The minimum Gasteiger partial charge on any atom is -0.508 e. The minimum atomic E-state index is -0.660. The number of nitrogens with one attached hydrogen (secondary N) is 1. The summed E-state index contributed by atoms with van der Waals surface area (Å²) in [6, 6.07) is 6.78. The van der Waals surface area contributed by atoms with Crippen LogP contribution < -0.4 is 5.32 Å². The molecule has 0 unspecified atom stereocenters. The Labute approximate surface area is 117 Å². The maximum absolute atomic E-state index is 12.3. The van der Waals surface area contributed by atoms with Gasteiger partial charge in [-0.05, 0) is 30.5 Å². The van der Waals surface area contributed by atoms with Crippen LogP contribution in [0.2, 0.25) is 0 Å². The normalized spacial score (nSPS) is 21.3. The van der Waals surface area contributed by atoms with E-state index in [4.69, 9.17) is 0 Å². The Bertz CT molecular complexity index is 533. The van der Waals surface area contributed by atoms with Gasteiger partial charge in [-0.1, -0.05) is 25.0 Å². The van der Waals surface area contributed by atoms with Crippen LogP contribution in [0.3, 0.4) is 0 Å². The first-order valence-electron chi connectivity index (χ1n) is 6.98. The van der Waals surface area contributed by atoms with Gasteiger partial charge in [0, 0.05) is 6.54 Å². The summed E-state index contributed by atoms with van der Waals surface area (Å²) < 4.78 is 0. The molecule has 1 heterocycles. The number of benzene rings is 1. The molecular formula is C15H18N2O3. The van der Waals surface area contributed by atoms with Gasteiger partial charge in [0.15, 0.2) is 0 Å². The molecule has 2 amide bonds. The molecule has 20 heavy (non-hydrogen) atoms. The van der Waals surface area contributed by atoms with Crippen LogP contribution in [0.1, 0.15) is 31.2 Å². The molecule has 1 aliphatic heterocycles. The highest BCUT2D eigenvalue weighted by atomic mass is 16.3. The zero-order chi connectivity index (χ0) is 14.2. The maximum atomic E-state index is 12.3. The molecule has 2 fully saturated rings. The number of hydrogen-bond acceptors (Lipinski definition) is 3. The Balaban J connectivity index is 1.89. The number of phenols is 1. The van der Waals surface area contributed by atoms with Crippen LogP contribution in [0.15, 0.2) is 24.3 Å². The van der Waals surface area contributed by atoms with Gasteiger partial charge in [0.05, 0.1) is 6.54 Å². The Morgan fingerprint density at radius 2 is 1.80 bits per heavy atom. The molecule has 1 saturated carbocycles. The second kappa shape index (κ2) is 4.81. The predicted molar refractivity (Wildman–Crippen MR) is 72.9 cm³/mol. The van der Waals surface area contributed by atoms with Crippen LogP contribution in [0.4, 0.5) is 0 Å². The van der Waals surface area contributed by atoms with Gasteiger partial charge in [-0.3, -0.25) is 9.59 Å². The van der Waals surface area contributed by atoms with E-state index in [1.165, 1.54) is 0 Å². The van der Waals surface area contributed by atoms with Crippen molar-refractivity contribution in [2.24, 2.45) is 0 Å². The fourth-order valence-corrected chi connectivity index (χ4v) is 3.26. The number of piperazine rings is 1. The SMILES string of the molecule is O=C1CNC(=O)C2(CCCC2)N1Cc1ccc(O)cc1. The zero-order valence-corrected chi connectivity index (χ0v) is 11.3. The van der Waals surface area contributed by atoms with Crippen molar-refractivity contribution < 1.29 is 14.7 Å². The Morgan fingerprint density at radius 3 is 2.45 bits per heavy atom. The van der Waals surface area contributed by atoms with Gasteiger partial charge in [-0.15, -0.1) is 0 Å². The lowest BCUT2D eigenvalue weighted by molar-refractivity contribution is -0.154. The monoisotopic (exact) mass is 274 g/mol. The van der Waals surface area contributed by atoms with Crippen molar-refractivity contribution in [2.45, 2.75) is 37.8 Å². The van der Waals surface area contributed by atoms with Crippen LogP contribution in [0.5, 0.6) is 5.75 Å². The lowest BCUT2D eigenvalue weighted by Crippen LogP contribution is -2.65. The Kier molecular flexibility index (Phi) is 3.12. The van der Waals surface area contributed by atoms with E-state index in [9.17, 15) is 14.7 Å². The standard InChI is InChI=1S/C15H18N2O3/c18-12-5-3-11(4-6-12)10-17-13(19)9-16-14(20)15(17)7-1-2-8-15/h3-6,18H,1-2,7-10H2,(H,16,20). The summed E-state index contributed by atoms with van der Waals surface area (Å²) in [4.78, 5) is 26.2. The van der Waals surface area contributed by atoms with E-state index in [1.54, 1.807) is 29.2 Å². The molecule has 5 heteroatoms. The first-order chi connectivity index (χ1) is 9.62. The summed E-state index contributed by atoms with van der Waals surface area (Å²) >= 11 is 0. The van der Waals surface area contributed by atoms with Gasteiger partial charge in [0.25, 0.3) is 0 Å². The summed E-state index contributed by atoms with van der Waals surface area (Å²) in [6.45, 7) is 0.505. The van der Waals surface area contributed by atoms with E-state index in [0.717, 1.165) is 31.2 Å². The summed E-state index contributed by atoms with van der Waals surface area (Å²) in [5.74, 6) is 0.153. The van der Waals surface area contributed by atoms with Crippen LogP contribution in [0, 0.1) is 0 Å². The van der Waals surface area contributed by atoms with Gasteiger partial charge < -0.3 is 15.3 Å². The van der Waals surface area contributed by atoms with Crippen LogP contribution in [-0.4, -0.2) is 33.9 Å². The molecule has 106 valence electrons. The van der Waals surface area contributed by atoms with E-state index in [2.05, 4.69) is 5.32 Å². The zero-order valence-electron chi connectivity index (χ0n) is 11.3. The van der Waals surface area contributed by atoms with Crippen molar-refractivity contribution in [1.82, 2.24) is 10.2 Å². The van der Waals surface area contributed by atoms with Crippen LogP contribution in [0.25, 0.3) is 0 Å². The summed E-state index contributed by atoms with van der Waals surface area (Å²) in [7, 11) is 0. The van der Waals surface area contributed by atoms with E-state index in [0.29, 0.717) is 6.54 Å². The fraction of sp³-hybridized carbons (Fsp3) is 0.467. The maximum Gasteiger partial charge on any atom is 0.246 e. The molecule has 1 saturated heterocycles. The van der Waals surface area contributed by atoms with E-state index in [1.807, 2.05) is 0 Å². The molecule has 3 rings (SSSR count). The van der Waals surface area contributed by atoms with Crippen LogP contribution >= 0.6 is 0 Å². The van der Waals surface area contributed by atoms with Crippen molar-refractivity contribution in [3.63, 3.8) is 0 Å². The quantitative estimate of drug-likeness (QED) is 0.850. The number of amides is 2. The summed E-state index contributed by atoms with van der Waals surface area (Å²) in [5.41, 5.74) is 0.268. The first-order valence-corrected chi connectivity index (χ1v) is 6.98. The molecule has 1 aliphatic carbocycles. The van der Waals surface area contributed by atoms with Gasteiger partial charge in [-0.25, -0.2) is 0 Å². The number of phenolic OH excluding ortho intramolecular Hbond substituents is 1. The van der Waals surface area contributed by atoms with Crippen molar-refractivity contribution in [3.05, 3.63) is 29.8 Å². The number of carbonyl (C=O) groups is 2. The summed E-state index contributed by atoms with van der Waals surface area (Å²) in [5, 5.41) is 12.0. The molecule has 1 aromatic carbocycles. The van der Waals surface area contributed by atoms with Crippen LogP contribution in [-0.2, 0) is 16.1 Å². The van der Waals surface area contributed by atoms with E-state index < -0.39 is 5.54 Å². The second-order valence-electron chi connectivity index (χ2n) is 5.57. The van der Waals surface area contributed by atoms with E-state index >= 15 is 0 Å². The molecular weight excluding hydrogens is 256 g/mol. The molecule has 5 nitrogen and oxygen atoms in total. The highest BCUT2D eigenvalue weighted by molar-refractivity contribution is 5.98. The molecule has 0 atom stereocenters. The smallest absolute Gasteiger partial charge is 0.246 e. The fourth-order valence-electron chi connectivity index (χ4n) is 3.26. The van der Waals surface area contributed by atoms with Crippen molar-refractivity contribution >= 4 is 11.8 Å². The average Bonchev–Trinajstić information content (AvgIpc) is 2.92. The molecule has 1 aromatic rings. The van der Waals surface area contributed by atoms with Crippen molar-refractivity contribution in [1.29, 1.82) is 0 Å². The van der Waals surface area contributed by atoms with Gasteiger partial charge in [0.2, 0.25) is 11.8 Å². The molecule has 1 spiro atoms. The molecule has 2 N–H and O–H groups in total. The van der Waals surface area contributed by atoms with Gasteiger partial charge in [-0.2, -0.15) is 0 Å². The topological polar surface area (TPSA) is 69.6 Å². The number of carbonyl (C=O) groups excluding carboxylic acids is 2. The number of rotatable bonds is 2. The predicted octanol–water partition coefficient (Wildman–Crippen LogP) is 1.16. The Morgan fingerprint density at radius 1 is 1.15 bits per heavy atom. The largest absolute Gasteiger partial charge is 0.508 e. The van der Waals surface area contributed by atoms with Gasteiger partial charge in [0.1, 0.15) is 11.3 Å². The van der Waals surface area contributed by atoms with Gasteiger partial charge >= 0.3 is 0 Å².